The number of nitrogens with one attached hydrogen (secondary N) is 7. The Balaban J connectivity index is 1.13. The van der Waals surface area contributed by atoms with E-state index >= 15 is 0 Å². The Kier molecular flexibility index (Phi) is 19.2. The molecule has 0 radical (unpaired) electrons. The van der Waals surface area contributed by atoms with Gasteiger partial charge in [-0.1, -0.05) is 123 Å². The number of carbonyl (C=O) groups is 9. The summed E-state index contributed by atoms with van der Waals surface area (Å²) >= 11 is 0. The van der Waals surface area contributed by atoms with Gasteiger partial charge in [0, 0.05) is 69.0 Å². The normalized spacial score (nSPS) is 15.5. The summed E-state index contributed by atoms with van der Waals surface area (Å²) in [7, 11) is 0. The number of primary amides is 1. The van der Waals surface area contributed by atoms with Crippen LogP contribution in [0.4, 0.5) is 0 Å². The van der Waals surface area contributed by atoms with Gasteiger partial charge in [-0.25, -0.2) is 4.98 Å². The van der Waals surface area contributed by atoms with Gasteiger partial charge in [0.15, 0.2) is 0 Å². The van der Waals surface area contributed by atoms with Gasteiger partial charge in [0.25, 0.3) is 0 Å². The summed E-state index contributed by atoms with van der Waals surface area (Å²) in [6.07, 6.45) is 5.71. The maximum absolute atomic E-state index is 14.8. The van der Waals surface area contributed by atoms with Crippen molar-refractivity contribution < 1.29 is 43.2 Å². The Hall–Kier alpha value is -8.94. The highest BCUT2D eigenvalue weighted by Crippen LogP contribution is 2.25. The Bertz CT molecular complexity index is 3020. The lowest BCUT2D eigenvalue weighted by Crippen LogP contribution is -2.61. The van der Waals surface area contributed by atoms with Gasteiger partial charge in [-0.15, -0.1) is 0 Å². The van der Waals surface area contributed by atoms with Crippen LogP contribution in [0.5, 0.6) is 0 Å². The molecule has 0 aliphatic carbocycles. The van der Waals surface area contributed by atoms with Gasteiger partial charge in [0.05, 0.1) is 11.8 Å². The molecule has 0 saturated carbocycles. The number of nitrogens with zero attached hydrogens (tertiary/aromatic N) is 3. The summed E-state index contributed by atoms with van der Waals surface area (Å²) in [6, 6.07) is 25.5. The standard InChI is InChI=1S/C57H65N11O9/c1-35(2)50(51(58)71)66-55(75)45(28-39-20-11-6-12-21-39)63-52(72)43(26-37-16-7-4-8-17-37)62-54(74)46(30-41-31-59-33-60-41)64-53(73)44(27-38-18-9-5-10-19-38)65-56(76)49-24-15-25-68(49)57(77)47(61-36(3)70)29-40-32-67(34-69)48-23-14-13-22-42(40)48/h4-14,16-23,31-35,43-47,49-50H,15,24-30H2,1-3H3,(H2,58,71)(H,59,60)(H,61,70)(H,62,74)(H,63,72)(H,64,73)(H,65,76)(H,66,75)/t43-,44-,45-,46-,47-,49-,50-/m0/s1. The predicted octanol–water partition coefficient (Wildman–Crippen LogP) is 1.98. The van der Waals surface area contributed by atoms with Crippen LogP contribution >= 0.6 is 0 Å². The Morgan fingerprint density at radius 3 is 1.61 bits per heavy atom. The molecule has 6 aromatic rings. The minimum Gasteiger partial charge on any atom is -0.368 e. The van der Waals surface area contributed by atoms with E-state index in [1.807, 2.05) is 6.07 Å². The number of imidazole rings is 1. The summed E-state index contributed by atoms with van der Waals surface area (Å²) in [5.41, 5.74) is 9.41. The topological polar surface area (TPSA) is 289 Å². The predicted molar refractivity (Wildman–Crippen MR) is 287 cm³/mol. The molecule has 7 atom stereocenters. The molecule has 4 aromatic carbocycles. The quantitative estimate of drug-likeness (QED) is 0.0386. The zero-order chi connectivity index (χ0) is 55.0. The van der Waals surface area contributed by atoms with Crippen molar-refractivity contribution in [1.29, 1.82) is 0 Å². The average molecular weight is 1050 g/mol. The molecule has 0 bridgehead atoms. The van der Waals surface area contributed by atoms with Crippen LogP contribution < -0.4 is 37.6 Å². The van der Waals surface area contributed by atoms with Crippen molar-refractivity contribution in [2.45, 2.75) is 108 Å². The molecule has 2 aromatic heterocycles. The number of H-pyrrole nitrogens is 1. The molecule has 20 heteroatoms. The van der Waals surface area contributed by atoms with Crippen LogP contribution in [-0.2, 0) is 75.3 Å². The number of fused-ring (bicyclic) bond motifs is 1. The Labute approximate surface area is 445 Å². The SMILES string of the molecule is CC(=O)N[C@@H](Cc1cn(C=O)c2ccccc12)C(=O)N1CCC[C@H]1C(=O)N[C@@H](Cc1ccccc1)C(=O)N[C@@H](Cc1cnc[nH]1)C(=O)N[C@@H](Cc1ccccc1)C(=O)N[C@@H](Cc1ccccc1)C(=O)N[C@H](C(N)=O)C(C)C. The lowest BCUT2D eigenvalue weighted by molar-refractivity contribution is -0.142. The van der Waals surface area contributed by atoms with Crippen molar-refractivity contribution in [2.24, 2.45) is 11.7 Å². The summed E-state index contributed by atoms with van der Waals surface area (Å²) in [6.45, 7) is 4.92. The highest BCUT2D eigenvalue weighted by molar-refractivity contribution is 5.98. The number of nitrogens with two attached hydrogens (primary N) is 1. The van der Waals surface area contributed by atoms with Gasteiger partial charge in [-0.3, -0.25) is 47.7 Å². The number of aromatic amines is 1. The zero-order valence-corrected chi connectivity index (χ0v) is 43.1. The fourth-order valence-corrected chi connectivity index (χ4v) is 9.60. The van der Waals surface area contributed by atoms with Crippen molar-refractivity contribution in [2.75, 3.05) is 6.54 Å². The van der Waals surface area contributed by atoms with Crippen LogP contribution in [0.1, 0.15) is 61.6 Å². The maximum Gasteiger partial charge on any atom is 0.246 e. The molecule has 402 valence electrons. The van der Waals surface area contributed by atoms with E-state index in [0.717, 1.165) is 5.39 Å². The first-order valence-electron chi connectivity index (χ1n) is 25.6. The molecule has 0 spiro atoms. The number of aromatic nitrogens is 3. The van der Waals surface area contributed by atoms with E-state index in [0.29, 0.717) is 46.3 Å². The smallest absolute Gasteiger partial charge is 0.246 e. The Morgan fingerprint density at radius 2 is 1.13 bits per heavy atom. The molecule has 1 aliphatic rings. The number of amides is 8. The van der Waals surface area contributed by atoms with Crippen molar-refractivity contribution in [3.8, 4) is 0 Å². The number of carbonyl (C=O) groups excluding carboxylic acids is 9. The monoisotopic (exact) mass is 1050 g/mol. The number of hydrogen-bond acceptors (Lipinski definition) is 10. The van der Waals surface area contributed by atoms with Crippen molar-refractivity contribution in [3.05, 3.63) is 162 Å². The van der Waals surface area contributed by atoms with Gasteiger partial charge >= 0.3 is 0 Å². The molecule has 8 amide bonds. The molecule has 77 heavy (non-hydrogen) atoms. The van der Waals surface area contributed by atoms with E-state index in [9.17, 15) is 43.2 Å². The summed E-state index contributed by atoms with van der Waals surface area (Å²) < 4.78 is 1.40. The molecular formula is C57H65N11O9. The summed E-state index contributed by atoms with van der Waals surface area (Å²) in [5, 5.41) is 17.5. The van der Waals surface area contributed by atoms with Gasteiger partial charge in [0.1, 0.15) is 42.3 Å². The van der Waals surface area contributed by atoms with Crippen LogP contribution in [0.25, 0.3) is 10.9 Å². The van der Waals surface area contributed by atoms with Crippen molar-refractivity contribution >= 4 is 64.6 Å². The van der Waals surface area contributed by atoms with Gasteiger partial charge in [-0.2, -0.15) is 0 Å². The van der Waals surface area contributed by atoms with Crippen LogP contribution in [0, 0.1) is 5.92 Å². The molecule has 1 fully saturated rings. The van der Waals surface area contributed by atoms with E-state index in [1.54, 1.807) is 129 Å². The van der Waals surface area contributed by atoms with Gasteiger partial charge < -0.3 is 47.5 Å². The minimum atomic E-state index is -1.37. The third kappa shape index (κ3) is 15.1. The number of rotatable bonds is 25. The molecular weight excluding hydrogens is 983 g/mol. The number of likely N-dealkylation sites (tertiary alicyclic amines) is 1. The largest absolute Gasteiger partial charge is 0.368 e. The molecule has 1 saturated heterocycles. The fraction of sp³-hybridized carbons (Fsp3) is 0.333. The van der Waals surface area contributed by atoms with Crippen molar-refractivity contribution in [1.82, 2.24) is 51.3 Å². The second kappa shape index (κ2) is 26.5. The minimum absolute atomic E-state index is 0.0237. The van der Waals surface area contributed by atoms with E-state index in [1.165, 1.54) is 28.9 Å². The zero-order valence-electron chi connectivity index (χ0n) is 43.1. The number of benzene rings is 4. The first-order valence-corrected chi connectivity index (χ1v) is 25.6. The first kappa shape index (κ1) is 55.8. The van der Waals surface area contributed by atoms with Crippen LogP contribution in [0.2, 0.25) is 0 Å². The van der Waals surface area contributed by atoms with E-state index < -0.39 is 89.6 Å². The summed E-state index contributed by atoms with van der Waals surface area (Å²) in [5.74, 6) is -5.67. The Morgan fingerprint density at radius 1 is 0.636 bits per heavy atom. The third-order valence-corrected chi connectivity index (χ3v) is 13.5. The second-order valence-electron chi connectivity index (χ2n) is 19.6. The van der Waals surface area contributed by atoms with Crippen molar-refractivity contribution in [3.63, 3.8) is 0 Å². The van der Waals surface area contributed by atoms with Crippen LogP contribution in [0.3, 0.4) is 0 Å². The molecule has 0 unspecified atom stereocenters. The number of para-hydroxylation sites is 1. The van der Waals surface area contributed by atoms with E-state index in [-0.39, 0.29) is 51.0 Å². The first-order chi connectivity index (χ1) is 37.1. The maximum atomic E-state index is 14.8. The fourth-order valence-electron chi connectivity index (χ4n) is 9.60. The van der Waals surface area contributed by atoms with Crippen LogP contribution in [0.15, 0.2) is 134 Å². The number of hydrogen-bond donors (Lipinski definition) is 8. The molecule has 7 rings (SSSR count). The molecule has 1 aliphatic heterocycles. The molecule has 3 heterocycles. The molecule has 9 N–H and O–H groups in total. The highest BCUT2D eigenvalue weighted by atomic mass is 16.2. The average Bonchev–Trinajstić information content (AvgIpc) is 4.21. The third-order valence-electron chi connectivity index (χ3n) is 13.5. The van der Waals surface area contributed by atoms with E-state index in [2.05, 4.69) is 41.9 Å². The lowest BCUT2D eigenvalue weighted by Gasteiger charge is -2.30. The van der Waals surface area contributed by atoms with Crippen LogP contribution in [-0.4, -0.2) is 122 Å². The lowest BCUT2D eigenvalue weighted by atomic mass is 10.00. The highest BCUT2D eigenvalue weighted by Gasteiger charge is 2.40. The molecule has 20 nitrogen and oxygen atoms in total. The van der Waals surface area contributed by atoms with Gasteiger partial charge in [-0.05, 0) is 47.1 Å². The van der Waals surface area contributed by atoms with Gasteiger partial charge in [0.2, 0.25) is 53.7 Å². The summed E-state index contributed by atoms with van der Waals surface area (Å²) in [4.78, 5) is 132. The van der Waals surface area contributed by atoms with E-state index in [4.69, 9.17) is 5.73 Å². The second-order valence-corrected chi connectivity index (χ2v) is 19.6.